The lowest BCUT2D eigenvalue weighted by Crippen LogP contribution is -2.26. The Balaban J connectivity index is 1.81. The third-order valence-electron chi connectivity index (χ3n) is 3.61. The van der Waals surface area contributed by atoms with Gasteiger partial charge in [-0.05, 0) is 43.5 Å². The maximum Gasteiger partial charge on any atom is 0.119 e. The molecule has 2 nitrogen and oxygen atoms in total. The van der Waals surface area contributed by atoms with E-state index >= 15 is 0 Å². The molecule has 1 heterocycles. The van der Waals surface area contributed by atoms with Crippen molar-refractivity contribution < 1.29 is 4.74 Å². The number of ether oxygens (including phenoxy) is 1. The Morgan fingerprint density at radius 1 is 1.17 bits per heavy atom. The number of unbranched alkanes of at least 4 members (excludes halogenated alkanes) is 2. The third-order valence-corrected chi connectivity index (χ3v) is 3.61. The zero-order valence-electron chi connectivity index (χ0n) is 11.5. The van der Waals surface area contributed by atoms with Crippen molar-refractivity contribution in [3.63, 3.8) is 0 Å². The molecule has 0 spiro atoms. The van der Waals surface area contributed by atoms with Crippen molar-refractivity contribution in [1.29, 1.82) is 0 Å². The Bertz CT molecular complexity index is 327. The van der Waals surface area contributed by atoms with Gasteiger partial charge in [-0.25, -0.2) is 0 Å². The number of benzene rings is 1. The zero-order chi connectivity index (χ0) is 12.6. The highest BCUT2D eigenvalue weighted by Gasteiger charge is 2.14. The summed E-state index contributed by atoms with van der Waals surface area (Å²) in [6.45, 7) is 4.21. The molecule has 1 aromatic carbocycles. The monoisotopic (exact) mass is 247 g/mol. The molecule has 1 N–H and O–H groups in total. The number of nitrogens with one attached hydrogen (secondary N) is 1. The Kier molecular flexibility index (Phi) is 5.53. The van der Waals surface area contributed by atoms with Gasteiger partial charge < -0.3 is 10.1 Å². The molecule has 0 bridgehead atoms. The van der Waals surface area contributed by atoms with Gasteiger partial charge in [0.05, 0.1) is 6.61 Å². The maximum atomic E-state index is 5.73. The molecule has 100 valence electrons. The van der Waals surface area contributed by atoms with Crippen LogP contribution in [0.2, 0.25) is 0 Å². The van der Waals surface area contributed by atoms with Gasteiger partial charge in [0.25, 0.3) is 0 Å². The minimum atomic E-state index is 0.549. The van der Waals surface area contributed by atoms with Crippen molar-refractivity contribution >= 4 is 0 Å². The second-order valence-electron chi connectivity index (χ2n) is 5.13. The number of hydrogen-bond donors (Lipinski definition) is 1. The summed E-state index contributed by atoms with van der Waals surface area (Å²) >= 11 is 0. The van der Waals surface area contributed by atoms with Crippen molar-refractivity contribution in [3.05, 3.63) is 29.8 Å². The first kappa shape index (κ1) is 13.4. The molecule has 0 saturated carbocycles. The molecule has 1 aliphatic rings. The SMILES string of the molecule is CCCCCOc1ccc(C2CCCCN2)cc1. The first-order valence-corrected chi connectivity index (χ1v) is 7.36. The van der Waals surface area contributed by atoms with Crippen molar-refractivity contribution in [2.45, 2.75) is 51.5 Å². The van der Waals surface area contributed by atoms with Crippen molar-refractivity contribution in [2.24, 2.45) is 0 Å². The van der Waals surface area contributed by atoms with Crippen LogP contribution in [0.4, 0.5) is 0 Å². The van der Waals surface area contributed by atoms with Crippen molar-refractivity contribution in [1.82, 2.24) is 5.32 Å². The van der Waals surface area contributed by atoms with Crippen LogP contribution in [0.1, 0.15) is 57.1 Å². The van der Waals surface area contributed by atoms with Gasteiger partial charge in [0.2, 0.25) is 0 Å². The van der Waals surface area contributed by atoms with E-state index in [-0.39, 0.29) is 0 Å². The number of piperidine rings is 1. The summed E-state index contributed by atoms with van der Waals surface area (Å²) in [5, 5.41) is 3.57. The highest BCUT2D eigenvalue weighted by Crippen LogP contribution is 2.24. The highest BCUT2D eigenvalue weighted by atomic mass is 16.5. The molecular weight excluding hydrogens is 222 g/mol. The van der Waals surface area contributed by atoms with Crippen LogP contribution in [0.25, 0.3) is 0 Å². The molecule has 2 heteroatoms. The quantitative estimate of drug-likeness (QED) is 0.765. The molecule has 0 amide bonds. The fourth-order valence-electron chi connectivity index (χ4n) is 2.47. The fourth-order valence-corrected chi connectivity index (χ4v) is 2.47. The molecule has 2 rings (SSSR count). The first-order chi connectivity index (χ1) is 8.90. The van der Waals surface area contributed by atoms with E-state index in [4.69, 9.17) is 4.74 Å². The van der Waals surface area contributed by atoms with E-state index in [1.807, 2.05) is 0 Å². The topological polar surface area (TPSA) is 21.3 Å². The number of hydrogen-bond acceptors (Lipinski definition) is 2. The summed E-state index contributed by atoms with van der Waals surface area (Å²) in [7, 11) is 0. The Morgan fingerprint density at radius 2 is 2.00 bits per heavy atom. The van der Waals surface area contributed by atoms with Crippen LogP contribution in [0.15, 0.2) is 24.3 Å². The van der Waals surface area contributed by atoms with Crippen LogP contribution in [-0.2, 0) is 0 Å². The summed E-state index contributed by atoms with van der Waals surface area (Å²) in [4.78, 5) is 0. The van der Waals surface area contributed by atoms with Gasteiger partial charge in [0.15, 0.2) is 0 Å². The van der Waals surface area contributed by atoms with E-state index in [0.29, 0.717) is 6.04 Å². The second-order valence-corrected chi connectivity index (χ2v) is 5.13. The molecule has 1 unspecified atom stereocenters. The molecule has 0 aliphatic carbocycles. The van der Waals surface area contributed by atoms with E-state index in [1.54, 1.807) is 0 Å². The lowest BCUT2D eigenvalue weighted by atomic mass is 9.98. The molecule has 1 atom stereocenters. The summed E-state index contributed by atoms with van der Waals surface area (Å²) in [6.07, 6.45) is 7.57. The Morgan fingerprint density at radius 3 is 2.67 bits per heavy atom. The van der Waals surface area contributed by atoms with Gasteiger partial charge in [-0.1, -0.05) is 38.3 Å². The normalized spacial score (nSPS) is 19.7. The summed E-state index contributed by atoms with van der Waals surface area (Å²) in [5.74, 6) is 1.01. The molecule has 1 saturated heterocycles. The highest BCUT2D eigenvalue weighted by molar-refractivity contribution is 5.29. The molecule has 1 aromatic rings. The molecule has 1 fully saturated rings. The molecule has 18 heavy (non-hydrogen) atoms. The van der Waals surface area contributed by atoms with E-state index in [9.17, 15) is 0 Å². The standard InChI is InChI=1S/C16H25NO/c1-2-3-6-13-18-15-10-8-14(9-11-15)16-7-4-5-12-17-16/h8-11,16-17H,2-7,12-13H2,1H3. The summed E-state index contributed by atoms with van der Waals surface area (Å²) in [6, 6.07) is 9.18. The third kappa shape index (κ3) is 4.02. The van der Waals surface area contributed by atoms with Crippen LogP contribution >= 0.6 is 0 Å². The second kappa shape index (κ2) is 7.42. The van der Waals surface area contributed by atoms with Crippen LogP contribution in [0.3, 0.4) is 0 Å². The predicted octanol–water partition coefficient (Wildman–Crippen LogP) is 4.07. The van der Waals surface area contributed by atoms with Crippen LogP contribution in [-0.4, -0.2) is 13.2 Å². The van der Waals surface area contributed by atoms with Gasteiger partial charge in [0, 0.05) is 6.04 Å². The summed E-state index contributed by atoms with van der Waals surface area (Å²) in [5.41, 5.74) is 1.40. The molecule has 0 aromatic heterocycles. The van der Waals surface area contributed by atoms with Gasteiger partial charge in [0.1, 0.15) is 5.75 Å². The Labute approximate surface area is 111 Å². The minimum Gasteiger partial charge on any atom is -0.494 e. The predicted molar refractivity (Wildman–Crippen MR) is 76.1 cm³/mol. The van der Waals surface area contributed by atoms with Crippen molar-refractivity contribution in [2.75, 3.05) is 13.2 Å². The lowest BCUT2D eigenvalue weighted by molar-refractivity contribution is 0.306. The van der Waals surface area contributed by atoms with E-state index in [2.05, 4.69) is 36.5 Å². The van der Waals surface area contributed by atoms with Crippen LogP contribution in [0, 0.1) is 0 Å². The van der Waals surface area contributed by atoms with Crippen LogP contribution < -0.4 is 10.1 Å². The molecule has 0 radical (unpaired) electrons. The van der Waals surface area contributed by atoms with Crippen molar-refractivity contribution in [3.8, 4) is 5.75 Å². The van der Waals surface area contributed by atoms with Gasteiger partial charge >= 0.3 is 0 Å². The lowest BCUT2D eigenvalue weighted by Gasteiger charge is -2.23. The number of rotatable bonds is 6. The zero-order valence-corrected chi connectivity index (χ0v) is 11.5. The largest absolute Gasteiger partial charge is 0.494 e. The van der Waals surface area contributed by atoms with Gasteiger partial charge in [-0.3, -0.25) is 0 Å². The van der Waals surface area contributed by atoms with E-state index in [1.165, 1.54) is 37.7 Å². The minimum absolute atomic E-state index is 0.549. The first-order valence-electron chi connectivity index (χ1n) is 7.36. The molecule has 1 aliphatic heterocycles. The van der Waals surface area contributed by atoms with E-state index < -0.39 is 0 Å². The van der Waals surface area contributed by atoms with Gasteiger partial charge in [-0.2, -0.15) is 0 Å². The summed E-state index contributed by atoms with van der Waals surface area (Å²) < 4.78 is 5.73. The Hall–Kier alpha value is -1.02. The maximum absolute atomic E-state index is 5.73. The average Bonchev–Trinajstić information content (AvgIpc) is 2.45. The fraction of sp³-hybridized carbons (Fsp3) is 0.625. The van der Waals surface area contributed by atoms with E-state index in [0.717, 1.165) is 25.3 Å². The average molecular weight is 247 g/mol. The van der Waals surface area contributed by atoms with Gasteiger partial charge in [-0.15, -0.1) is 0 Å². The van der Waals surface area contributed by atoms with Crippen LogP contribution in [0.5, 0.6) is 5.75 Å². The smallest absolute Gasteiger partial charge is 0.119 e. The molecular formula is C16H25NO.